The fourth-order valence-corrected chi connectivity index (χ4v) is 3.12. The number of nitrogens with one attached hydrogen (secondary N) is 2. The summed E-state index contributed by atoms with van der Waals surface area (Å²) in [4.78, 5) is 24.0. The van der Waals surface area contributed by atoms with Gasteiger partial charge in [0, 0.05) is 35.6 Å². The number of nitrogen functional groups attached to an aromatic ring is 1. The zero-order valence-corrected chi connectivity index (χ0v) is 18.1. The first kappa shape index (κ1) is 23.6. The number of halogens is 4. The number of nitrogens with zero attached hydrogens (tertiary/aromatic N) is 5. The molecule has 2 aromatic heterocycles. The van der Waals surface area contributed by atoms with Gasteiger partial charge in [0.05, 0.1) is 5.69 Å². The molecule has 4 aromatic rings. The van der Waals surface area contributed by atoms with E-state index in [2.05, 4.69) is 25.4 Å². The molecule has 0 radical (unpaired) electrons. The van der Waals surface area contributed by atoms with Crippen LogP contribution in [0.15, 0.2) is 54.7 Å². The Kier molecular flexibility index (Phi) is 6.32. The van der Waals surface area contributed by atoms with Gasteiger partial charge in [0.2, 0.25) is 11.9 Å². The highest BCUT2D eigenvalue weighted by molar-refractivity contribution is 5.94. The molecule has 1 amide bonds. The maximum absolute atomic E-state index is 14.7. The average molecular weight is 486 g/mol. The molecule has 0 spiro atoms. The number of hydrogen-bond acceptors (Lipinski definition) is 7. The Hall–Kier alpha value is -4.55. The highest BCUT2D eigenvalue weighted by Gasteiger charge is 2.27. The smallest absolute Gasteiger partial charge is 0.368 e. The van der Waals surface area contributed by atoms with Crippen LogP contribution in [0.25, 0.3) is 22.6 Å². The predicted octanol–water partition coefficient (Wildman–Crippen LogP) is 3.70. The fourth-order valence-electron chi connectivity index (χ4n) is 3.12. The van der Waals surface area contributed by atoms with E-state index in [1.54, 1.807) is 25.2 Å². The van der Waals surface area contributed by atoms with Gasteiger partial charge in [0.25, 0.3) is 5.91 Å². The summed E-state index contributed by atoms with van der Waals surface area (Å²) in [6.45, 7) is -1.42. The number of amides is 1. The van der Waals surface area contributed by atoms with Gasteiger partial charge >= 0.3 is 6.18 Å². The molecule has 0 unspecified atom stereocenters. The van der Waals surface area contributed by atoms with Crippen LogP contribution in [0.5, 0.6) is 0 Å². The second-order valence-corrected chi connectivity index (χ2v) is 7.38. The summed E-state index contributed by atoms with van der Waals surface area (Å²) in [7, 11) is 1.63. The van der Waals surface area contributed by atoms with Crippen molar-refractivity contribution >= 4 is 23.5 Å². The van der Waals surface area contributed by atoms with Gasteiger partial charge in [-0.15, -0.1) is 5.10 Å². The van der Waals surface area contributed by atoms with E-state index < -0.39 is 24.4 Å². The third kappa shape index (κ3) is 5.69. The van der Waals surface area contributed by atoms with Crippen molar-refractivity contribution in [3.8, 4) is 22.6 Å². The summed E-state index contributed by atoms with van der Waals surface area (Å²) in [6, 6.07) is 11.8. The lowest BCUT2D eigenvalue weighted by Crippen LogP contribution is -2.33. The van der Waals surface area contributed by atoms with Gasteiger partial charge in [0.15, 0.2) is 5.82 Å². The van der Waals surface area contributed by atoms with Crippen LogP contribution in [0.1, 0.15) is 10.4 Å². The first-order chi connectivity index (χ1) is 16.6. The molecule has 0 saturated heterocycles. The number of hydrogen-bond donors (Lipinski definition) is 3. The summed E-state index contributed by atoms with van der Waals surface area (Å²) < 4.78 is 53.0. The van der Waals surface area contributed by atoms with Gasteiger partial charge in [-0.3, -0.25) is 4.79 Å². The van der Waals surface area contributed by atoms with Crippen molar-refractivity contribution in [3.05, 3.63) is 66.1 Å². The minimum absolute atomic E-state index is 0.0330. The molecule has 9 nitrogen and oxygen atoms in total. The van der Waals surface area contributed by atoms with Crippen LogP contribution in [0, 0.1) is 5.82 Å². The van der Waals surface area contributed by atoms with E-state index in [0.717, 1.165) is 0 Å². The van der Waals surface area contributed by atoms with Gasteiger partial charge in [-0.05, 0) is 36.4 Å². The molecule has 0 saturated carbocycles. The molecule has 0 fully saturated rings. The Balaban J connectivity index is 1.48. The maximum Gasteiger partial charge on any atom is 0.405 e. The van der Waals surface area contributed by atoms with Gasteiger partial charge < -0.3 is 16.4 Å². The van der Waals surface area contributed by atoms with Gasteiger partial charge in [-0.2, -0.15) is 18.2 Å². The molecule has 2 aromatic carbocycles. The summed E-state index contributed by atoms with van der Waals surface area (Å²) >= 11 is 0. The molecule has 4 N–H and O–H groups in total. The first-order valence-electron chi connectivity index (χ1n) is 10.1. The third-order valence-corrected chi connectivity index (χ3v) is 4.79. The Morgan fingerprint density at radius 3 is 2.49 bits per heavy atom. The number of benzene rings is 2. The number of aryl methyl sites for hydroxylation is 1. The van der Waals surface area contributed by atoms with E-state index in [0.29, 0.717) is 28.7 Å². The number of nitrogens with two attached hydrogens (primary N) is 1. The Bertz CT molecular complexity index is 1370. The number of rotatable bonds is 6. The first-order valence-corrected chi connectivity index (χ1v) is 10.1. The normalized spacial score (nSPS) is 11.3. The molecule has 180 valence electrons. The molecular weight excluding hydrogens is 468 g/mol. The third-order valence-electron chi connectivity index (χ3n) is 4.79. The quantitative estimate of drug-likeness (QED) is 0.355. The Labute approximate surface area is 196 Å². The van der Waals surface area contributed by atoms with E-state index >= 15 is 0 Å². The van der Waals surface area contributed by atoms with Crippen molar-refractivity contribution in [2.75, 3.05) is 17.6 Å². The summed E-state index contributed by atoms with van der Waals surface area (Å²) in [6.07, 6.45) is -3.06. The second kappa shape index (κ2) is 9.37. The van der Waals surface area contributed by atoms with Gasteiger partial charge in [-0.1, -0.05) is 12.1 Å². The van der Waals surface area contributed by atoms with Gasteiger partial charge in [0.1, 0.15) is 12.4 Å². The zero-order chi connectivity index (χ0) is 25.2. The highest BCUT2D eigenvalue weighted by Crippen LogP contribution is 2.26. The van der Waals surface area contributed by atoms with E-state index in [9.17, 15) is 22.4 Å². The number of anilines is 3. The van der Waals surface area contributed by atoms with E-state index in [1.807, 2.05) is 5.32 Å². The minimum atomic E-state index is -4.50. The monoisotopic (exact) mass is 486 g/mol. The average Bonchev–Trinajstić information content (AvgIpc) is 3.17. The van der Waals surface area contributed by atoms with E-state index in [1.165, 1.54) is 41.2 Å². The largest absolute Gasteiger partial charge is 0.405 e. The topological polar surface area (TPSA) is 124 Å². The molecule has 0 aliphatic carbocycles. The van der Waals surface area contributed by atoms with Crippen LogP contribution in [-0.2, 0) is 7.05 Å². The number of carbonyl (C=O) groups excluding carboxylic acids is 1. The molecular formula is C22H18F4N8O. The van der Waals surface area contributed by atoms with Crippen molar-refractivity contribution in [1.29, 1.82) is 0 Å². The van der Waals surface area contributed by atoms with Crippen molar-refractivity contribution in [3.63, 3.8) is 0 Å². The molecule has 35 heavy (non-hydrogen) atoms. The van der Waals surface area contributed by atoms with Crippen molar-refractivity contribution < 1.29 is 22.4 Å². The van der Waals surface area contributed by atoms with Crippen LogP contribution in [0.2, 0.25) is 0 Å². The predicted molar refractivity (Wildman–Crippen MR) is 120 cm³/mol. The van der Waals surface area contributed by atoms with E-state index in [-0.39, 0.29) is 17.1 Å². The van der Waals surface area contributed by atoms with Crippen LogP contribution in [0.4, 0.5) is 35.1 Å². The highest BCUT2D eigenvalue weighted by atomic mass is 19.4. The van der Waals surface area contributed by atoms with E-state index in [4.69, 9.17) is 5.73 Å². The fraction of sp³-hybridized carbons (Fsp3) is 0.136. The maximum atomic E-state index is 14.7. The molecule has 0 aliphatic rings. The van der Waals surface area contributed by atoms with Crippen LogP contribution < -0.4 is 16.4 Å². The summed E-state index contributed by atoms with van der Waals surface area (Å²) in [5, 5.41) is 9.07. The minimum Gasteiger partial charge on any atom is -0.368 e. The number of aromatic nitrogens is 5. The molecule has 0 atom stereocenters. The van der Waals surface area contributed by atoms with Crippen LogP contribution in [-0.4, -0.2) is 43.4 Å². The summed E-state index contributed by atoms with van der Waals surface area (Å²) in [5.74, 6) is -0.739. The molecule has 13 heteroatoms. The molecule has 0 bridgehead atoms. The molecule has 4 rings (SSSR count). The van der Waals surface area contributed by atoms with Crippen molar-refractivity contribution in [1.82, 2.24) is 30.0 Å². The lowest BCUT2D eigenvalue weighted by Gasteiger charge is -2.08. The van der Waals surface area contributed by atoms with Crippen molar-refractivity contribution in [2.24, 2.45) is 7.05 Å². The molecule has 2 heterocycles. The lowest BCUT2D eigenvalue weighted by atomic mass is 10.1. The summed E-state index contributed by atoms with van der Waals surface area (Å²) in [5.41, 5.74) is 7.16. The molecule has 0 aliphatic heterocycles. The van der Waals surface area contributed by atoms with Crippen molar-refractivity contribution in [2.45, 2.75) is 6.18 Å². The Morgan fingerprint density at radius 2 is 1.83 bits per heavy atom. The Morgan fingerprint density at radius 1 is 1.09 bits per heavy atom. The SMILES string of the molecule is Cn1nc(-c2ccc(C(=O)NCC(F)(F)F)cc2)nc1Nc1ccc(-c2ccnc(N)n2)c(F)c1. The standard InChI is InChI=1S/C22H18F4N8O/c1-34-21(30-14-6-7-15(16(23)10-14)17-8-9-28-20(27)31-17)32-18(33-34)12-2-4-13(5-3-12)19(35)29-11-22(24,25)26/h2-10H,11H2,1H3,(H,29,35)(H2,27,28,31)(H,30,32,33). The number of carbonyl (C=O) groups is 1. The van der Waals surface area contributed by atoms with Gasteiger partial charge in [-0.25, -0.2) is 19.0 Å². The van der Waals surface area contributed by atoms with Crippen LogP contribution in [0.3, 0.4) is 0 Å². The lowest BCUT2D eigenvalue weighted by molar-refractivity contribution is -0.123. The van der Waals surface area contributed by atoms with Crippen LogP contribution >= 0.6 is 0 Å². The second-order valence-electron chi connectivity index (χ2n) is 7.38. The zero-order valence-electron chi connectivity index (χ0n) is 18.1. The number of alkyl halides is 3.